The van der Waals surface area contributed by atoms with E-state index in [1.165, 1.54) is 16.0 Å². The van der Waals surface area contributed by atoms with Gasteiger partial charge in [0.05, 0.1) is 0 Å². The number of rotatable bonds is 6. The third kappa shape index (κ3) is 5.58. The number of aryl methyl sites for hydroxylation is 2. The lowest BCUT2D eigenvalue weighted by atomic mass is 10.2. The molecule has 6 heteroatoms. The summed E-state index contributed by atoms with van der Waals surface area (Å²) in [6.45, 7) is 4.43. The number of carbonyl (C=O) groups is 2. The van der Waals surface area contributed by atoms with Gasteiger partial charge >= 0.3 is 5.97 Å². The van der Waals surface area contributed by atoms with Crippen molar-refractivity contribution in [3.63, 3.8) is 0 Å². The average Bonchev–Trinajstić information content (AvgIpc) is 3.19. The Morgan fingerprint density at radius 1 is 1.19 bits per heavy atom. The summed E-state index contributed by atoms with van der Waals surface area (Å²) in [5.41, 5.74) is 3.12. The predicted octanol–water partition coefficient (Wildman–Crippen LogP) is 4.12. The van der Waals surface area contributed by atoms with Gasteiger partial charge < -0.3 is 14.8 Å². The molecule has 0 bridgehead atoms. The van der Waals surface area contributed by atoms with E-state index in [1.807, 2.05) is 24.3 Å². The smallest absolute Gasteiger partial charge is 0.335 e. The third-order valence-electron chi connectivity index (χ3n) is 4.25. The summed E-state index contributed by atoms with van der Waals surface area (Å²) in [5, 5.41) is 2.73. The molecule has 3 rings (SSSR count). The molecule has 27 heavy (non-hydrogen) atoms. The third-order valence-corrected chi connectivity index (χ3v) is 5.42. The number of anilines is 1. The summed E-state index contributed by atoms with van der Waals surface area (Å²) in [4.78, 5) is 26.0. The molecule has 1 aliphatic heterocycles. The Hall–Kier alpha value is -2.31. The summed E-state index contributed by atoms with van der Waals surface area (Å²) >= 11 is 1.69. The van der Waals surface area contributed by atoms with E-state index in [4.69, 9.17) is 9.47 Å². The zero-order valence-corrected chi connectivity index (χ0v) is 16.3. The van der Waals surface area contributed by atoms with E-state index in [1.54, 1.807) is 11.8 Å². The normalized spacial score (nSPS) is 16.1. The number of esters is 1. The molecule has 2 aromatic carbocycles. The van der Waals surface area contributed by atoms with Crippen LogP contribution in [-0.2, 0) is 19.1 Å². The molecule has 1 atom stereocenters. The summed E-state index contributed by atoms with van der Waals surface area (Å²) in [6, 6.07) is 14.0. The molecule has 0 unspecified atom stereocenters. The quantitative estimate of drug-likeness (QED) is 0.758. The van der Waals surface area contributed by atoms with Crippen LogP contribution >= 0.6 is 11.8 Å². The molecule has 0 aliphatic carbocycles. The number of amides is 1. The lowest BCUT2D eigenvalue weighted by molar-refractivity contribution is -0.156. The molecule has 5 nitrogen and oxygen atoms in total. The van der Waals surface area contributed by atoms with Crippen molar-refractivity contribution < 1.29 is 19.1 Å². The van der Waals surface area contributed by atoms with E-state index in [9.17, 15) is 9.59 Å². The molecule has 0 radical (unpaired) electrons. The minimum atomic E-state index is -0.529. The average molecular weight is 385 g/mol. The van der Waals surface area contributed by atoms with Crippen molar-refractivity contribution in [2.45, 2.75) is 42.6 Å². The van der Waals surface area contributed by atoms with Crippen LogP contribution in [0.2, 0.25) is 0 Å². The highest BCUT2D eigenvalue weighted by atomic mass is 32.2. The first-order valence-corrected chi connectivity index (χ1v) is 9.76. The second kappa shape index (κ2) is 9.06. The molecule has 0 spiro atoms. The van der Waals surface area contributed by atoms with Crippen molar-refractivity contribution in [3.8, 4) is 0 Å². The summed E-state index contributed by atoms with van der Waals surface area (Å²) in [6.07, 6.45) is 0.970. The molecule has 1 fully saturated rings. The molecule has 2 aromatic rings. The Labute approximate surface area is 163 Å². The Kier molecular flexibility index (Phi) is 6.53. The van der Waals surface area contributed by atoms with E-state index in [0.29, 0.717) is 18.7 Å². The fraction of sp³-hybridized carbons (Fsp3) is 0.333. The number of ether oxygens (including phenoxy) is 2. The molecule has 0 saturated carbocycles. The zero-order valence-electron chi connectivity index (χ0n) is 15.5. The molecule has 1 heterocycles. The first-order valence-electron chi connectivity index (χ1n) is 8.94. The Morgan fingerprint density at radius 2 is 1.96 bits per heavy atom. The van der Waals surface area contributed by atoms with E-state index in [-0.39, 0.29) is 12.5 Å². The van der Waals surface area contributed by atoms with Crippen molar-refractivity contribution >= 4 is 29.3 Å². The van der Waals surface area contributed by atoms with Crippen molar-refractivity contribution in [2.75, 3.05) is 18.5 Å². The maximum Gasteiger partial charge on any atom is 0.335 e. The van der Waals surface area contributed by atoms with Crippen LogP contribution in [0, 0.1) is 13.8 Å². The molecule has 0 aromatic heterocycles. The fourth-order valence-electron chi connectivity index (χ4n) is 2.74. The number of hydrogen-bond acceptors (Lipinski definition) is 5. The van der Waals surface area contributed by atoms with E-state index < -0.39 is 12.1 Å². The van der Waals surface area contributed by atoms with Crippen molar-refractivity contribution in [3.05, 3.63) is 53.6 Å². The van der Waals surface area contributed by atoms with Gasteiger partial charge in [-0.25, -0.2) is 4.79 Å². The number of carbonyl (C=O) groups excluding carboxylic acids is 2. The SMILES string of the molecule is Cc1ccc(C)c(Sc2ccc(NC(=O)COC(=O)[C@@H]3CCCO3)cc2)c1. The Balaban J connectivity index is 1.50. The fourth-order valence-corrected chi connectivity index (χ4v) is 3.74. The maximum atomic E-state index is 12.0. The topological polar surface area (TPSA) is 64.6 Å². The van der Waals surface area contributed by atoms with Crippen LogP contribution < -0.4 is 5.32 Å². The maximum absolute atomic E-state index is 12.0. The predicted molar refractivity (Wildman–Crippen MR) is 105 cm³/mol. The summed E-state index contributed by atoms with van der Waals surface area (Å²) in [5.74, 6) is -0.834. The van der Waals surface area contributed by atoms with Gasteiger partial charge in [-0.2, -0.15) is 0 Å². The highest BCUT2D eigenvalue weighted by Gasteiger charge is 2.25. The molecular weight excluding hydrogens is 362 g/mol. The first kappa shape index (κ1) is 19.5. The highest BCUT2D eigenvalue weighted by molar-refractivity contribution is 7.99. The van der Waals surface area contributed by atoms with Crippen LogP contribution in [0.5, 0.6) is 0 Å². The molecular formula is C21H23NO4S. The zero-order chi connectivity index (χ0) is 19.2. The Bertz CT molecular complexity index is 813. The van der Waals surface area contributed by atoms with Crippen LogP contribution in [0.4, 0.5) is 5.69 Å². The molecule has 1 aliphatic rings. The largest absolute Gasteiger partial charge is 0.454 e. The number of benzene rings is 2. The van der Waals surface area contributed by atoms with E-state index >= 15 is 0 Å². The minimum Gasteiger partial charge on any atom is -0.454 e. The van der Waals surface area contributed by atoms with Gasteiger partial charge in [0.25, 0.3) is 5.91 Å². The van der Waals surface area contributed by atoms with Gasteiger partial charge in [-0.15, -0.1) is 0 Å². The molecule has 1 N–H and O–H groups in total. The van der Waals surface area contributed by atoms with Crippen LogP contribution in [0.25, 0.3) is 0 Å². The monoisotopic (exact) mass is 385 g/mol. The van der Waals surface area contributed by atoms with Gasteiger partial charge in [0, 0.05) is 22.1 Å². The molecule has 1 saturated heterocycles. The lowest BCUT2D eigenvalue weighted by Crippen LogP contribution is -2.27. The van der Waals surface area contributed by atoms with E-state index in [0.717, 1.165) is 11.3 Å². The van der Waals surface area contributed by atoms with Crippen LogP contribution in [0.15, 0.2) is 52.3 Å². The van der Waals surface area contributed by atoms with Crippen LogP contribution in [-0.4, -0.2) is 31.2 Å². The number of nitrogens with one attached hydrogen (secondary N) is 1. The van der Waals surface area contributed by atoms with Crippen molar-refractivity contribution in [2.24, 2.45) is 0 Å². The van der Waals surface area contributed by atoms with Crippen LogP contribution in [0.1, 0.15) is 24.0 Å². The second-order valence-corrected chi connectivity index (χ2v) is 7.67. The number of hydrogen-bond donors (Lipinski definition) is 1. The second-order valence-electron chi connectivity index (χ2n) is 6.55. The van der Waals surface area contributed by atoms with Gasteiger partial charge in [0.2, 0.25) is 0 Å². The molecule has 1 amide bonds. The highest BCUT2D eigenvalue weighted by Crippen LogP contribution is 2.31. The van der Waals surface area contributed by atoms with Gasteiger partial charge in [-0.3, -0.25) is 4.79 Å². The van der Waals surface area contributed by atoms with Crippen LogP contribution in [0.3, 0.4) is 0 Å². The van der Waals surface area contributed by atoms with E-state index in [2.05, 4.69) is 37.4 Å². The van der Waals surface area contributed by atoms with Gasteiger partial charge in [-0.05, 0) is 68.1 Å². The summed E-state index contributed by atoms with van der Waals surface area (Å²) < 4.78 is 10.2. The van der Waals surface area contributed by atoms with Crippen molar-refractivity contribution in [1.29, 1.82) is 0 Å². The van der Waals surface area contributed by atoms with Gasteiger partial charge in [0.15, 0.2) is 12.7 Å². The Morgan fingerprint density at radius 3 is 2.67 bits per heavy atom. The van der Waals surface area contributed by atoms with Gasteiger partial charge in [-0.1, -0.05) is 23.9 Å². The first-order chi connectivity index (χ1) is 13.0. The minimum absolute atomic E-state index is 0.308. The van der Waals surface area contributed by atoms with Crippen molar-refractivity contribution in [1.82, 2.24) is 0 Å². The summed E-state index contributed by atoms with van der Waals surface area (Å²) in [7, 11) is 0. The van der Waals surface area contributed by atoms with Gasteiger partial charge in [0.1, 0.15) is 0 Å². The standard InChI is InChI=1S/C21H23NO4S/c1-14-5-6-15(2)19(12-14)27-17-9-7-16(8-10-17)22-20(23)13-26-21(24)18-4-3-11-25-18/h5-10,12,18H,3-4,11,13H2,1-2H3,(H,22,23)/t18-/m0/s1. The molecule has 142 valence electrons. The lowest BCUT2D eigenvalue weighted by Gasteiger charge is -2.10.